The molecule has 1 amide bonds. The highest BCUT2D eigenvalue weighted by Crippen LogP contribution is 2.26. The third-order valence-corrected chi connectivity index (χ3v) is 4.74. The van der Waals surface area contributed by atoms with Crippen LogP contribution < -0.4 is 4.74 Å². The first kappa shape index (κ1) is 16.1. The van der Waals surface area contributed by atoms with Gasteiger partial charge in [-0.05, 0) is 30.2 Å². The molecule has 4 rings (SSSR count). The Morgan fingerprint density at radius 1 is 1.20 bits per heavy atom. The van der Waals surface area contributed by atoms with E-state index in [1.807, 2.05) is 23.1 Å². The Balaban J connectivity index is 1.39. The molecule has 0 atom stereocenters. The summed E-state index contributed by atoms with van der Waals surface area (Å²) in [7, 11) is 0. The molecule has 2 aliphatic rings. The fourth-order valence-corrected chi connectivity index (χ4v) is 3.43. The van der Waals surface area contributed by atoms with Crippen molar-refractivity contribution < 1.29 is 13.9 Å². The molecule has 0 saturated carbocycles. The second kappa shape index (κ2) is 6.84. The first-order chi connectivity index (χ1) is 12.2. The molecule has 7 heteroatoms. The van der Waals surface area contributed by atoms with Gasteiger partial charge in [0, 0.05) is 45.1 Å². The van der Waals surface area contributed by atoms with Crippen molar-refractivity contribution in [3.05, 3.63) is 41.1 Å². The molecule has 0 bridgehead atoms. The number of carbonyl (C=O) groups is 1. The topological polar surface area (TPSA) is 71.7 Å². The Labute approximate surface area is 146 Å². The van der Waals surface area contributed by atoms with Crippen molar-refractivity contribution in [2.75, 3.05) is 32.8 Å². The molecule has 0 radical (unpaired) electrons. The Morgan fingerprint density at radius 3 is 2.96 bits per heavy atom. The fraction of sp³-hybridized carbons (Fsp3) is 0.500. The molecule has 1 aromatic heterocycles. The first-order valence-electron chi connectivity index (χ1n) is 8.75. The predicted molar refractivity (Wildman–Crippen MR) is 90.5 cm³/mol. The molecule has 2 aliphatic heterocycles. The lowest BCUT2D eigenvalue weighted by molar-refractivity contribution is 0.0760. The van der Waals surface area contributed by atoms with Crippen LogP contribution in [-0.4, -0.2) is 58.7 Å². The fourth-order valence-electron chi connectivity index (χ4n) is 3.43. The number of fused-ring (bicyclic) bond motifs is 1. The lowest BCUT2D eigenvalue weighted by Crippen LogP contribution is -2.35. The van der Waals surface area contributed by atoms with Crippen molar-refractivity contribution >= 4 is 5.91 Å². The molecule has 1 aromatic carbocycles. The monoisotopic (exact) mass is 342 g/mol. The Morgan fingerprint density at radius 2 is 2.12 bits per heavy atom. The molecule has 25 heavy (non-hydrogen) atoms. The molecule has 1 saturated heterocycles. The van der Waals surface area contributed by atoms with E-state index in [-0.39, 0.29) is 5.91 Å². The minimum atomic E-state index is 0.102. The third kappa shape index (κ3) is 3.51. The van der Waals surface area contributed by atoms with Crippen molar-refractivity contribution in [3.8, 4) is 5.75 Å². The van der Waals surface area contributed by atoms with Crippen LogP contribution in [0.4, 0.5) is 0 Å². The summed E-state index contributed by atoms with van der Waals surface area (Å²) >= 11 is 0. The van der Waals surface area contributed by atoms with Crippen LogP contribution in [0.25, 0.3) is 0 Å². The largest absolute Gasteiger partial charge is 0.493 e. The van der Waals surface area contributed by atoms with Gasteiger partial charge in [0.05, 0.1) is 13.2 Å². The van der Waals surface area contributed by atoms with Gasteiger partial charge in [0.15, 0.2) is 0 Å². The van der Waals surface area contributed by atoms with E-state index in [0.29, 0.717) is 31.5 Å². The number of aryl methyl sites for hydroxylation is 1. The molecule has 1 fully saturated rings. The van der Waals surface area contributed by atoms with Gasteiger partial charge in [0.25, 0.3) is 5.91 Å². The highest BCUT2D eigenvalue weighted by atomic mass is 16.5. The lowest BCUT2D eigenvalue weighted by atomic mass is 10.1. The lowest BCUT2D eigenvalue weighted by Gasteiger charge is -2.21. The van der Waals surface area contributed by atoms with E-state index in [4.69, 9.17) is 9.15 Å². The number of nitrogens with zero attached hydrogens (tertiary/aromatic N) is 4. The van der Waals surface area contributed by atoms with Gasteiger partial charge in [0.2, 0.25) is 11.8 Å². The highest BCUT2D eigenvalue weighted by Gasteiger charge is 2.23. The summed E-state index contributed by atoms with van der Waals surface area (Å²) in [6.07, 6.45) is 1.82. The number of rotatable bonds is 3. The SMILES string of the molecule is Cc1nnc(CN2CCCN(C(=O)c3ccc4c(c3)CCO4)CC2)o1. The summed E-state index contributed by atoms with van der Waals surface area (Å²) in [5.41, 5.74) is 1.89. The maximum absolute atomic E-state index is 12.8. The van der Waals surface area contributed by atoms with Crippen molar-refractivity contribution in [2.24, 2.45) is 0 Å². The zero-order valence-corrected chi connectivity index (χ0v) is 14.4. The number of hydrogen-bond acceptors (Lipinski definition) is 6. The van der Waals surface area contributed by atoms with Crippen molar-refractivity contribution in [2.45, 2.75) is 26.3 Å². The molecule has 3 heterocycles. The number of hydrogen-bond donors (Lipinski definition) is 0. The molecule has 0 spiro atoms. The highest BCUT2D eigenvalue weighted by molar-refractivity contribution is 5.94. The van der Waals surface area contributed by atoms with Gasteiger partial charge in [-0.25, -0.2) is 0 Å². The molecule has 2 aromatic rings. The second-order valence-corrected chi connectivity index (χ2v) is 6.56. The summed E-state index contributed by atoms with van der Waals surface area (Å²) in [6.45, 7) is 6.34. The van der Waals surface area contributed by atoms with Crippen molar-refractivity contribution in [3.63, 3.8) is 0 Å². The second-order valence-electron chi connectivity index (χ2n) is 6.56. The van der Waals surface area contributed by atoms with Gasteiger partial charge in [-0.3, -0.25) is 9.69 Å². The molecular formula is C18H22N4O3. The van der Waals surface area contributed by atoms with E-state index in [9.17, 15) is 4.79 Å². The summed E-state index contributed by atoms with van der Waals surface area (Å²) in [4.78, 5) is 17.0. The van der Waals surface area contributed by atoms with E-state index in [1.54, 1.807) is 6.92 Å². The van der Waals surface area contributed by atoms with Crippen molar-refractivity contribution in [1.29, 1.82) is 0 Å². The van der Waals surface area contributed by atoms with Crippen LogP contribution in [0.1, 0.15) is 34.1 Å². The molecular weight excluding hydrogens is 320 g/mol. The summed E-state index contributed by atoms with van der Waals surface area (Å²) in [5.74, 6) is 2.23. The quantitative estimate of drug-likeness (QED) is 0.845. The van der Waals surface area contributed by atoms with E-state index < -0.39 is 0 Å². The molecule has 0 N–H and O–H groups in total. The Kier molecular flexibility index (Phi) is 4.40. The van der Waals surface area contributed by atoms with Gasteiger partial charge < -0.3 is 14.1 Å². The summed E-state index contributed by atoms with van der Waals surface area (Å²) in [6, 6.07) is 5.77. The number of aromatic nitrogens is 2. The van der Waals surface area contributed by atoms with Crippen LogP contribution in [0.5, 0.6) is 5.75 Å². The standard InChI is InChI=1S/C18H22N4O3/c1-13-19-20-17(25-13)12-21-6-2-7-22(9-8-21)18(23)15-3-4-16-14(11-15)5-10-24-16/h3-4,11H,2,5-10,12H2,1H3. The van der Waals surface area contributed by atoms with Crippen LogP contribution in [0.3, 0.4) is 0 Å². The summed E-state index contributed by atoms with van der Waals surface area (Å²) in [5, 5.41) is 7.92. The normalized spacial score (nSPS) is 17.9. The molecule has 132 valence electrons. The predicted octanol–water partition coefficient (Wildman–Crippen LogP) is 1.66. The third-order valence-electron chi connectivity index (χ3n) is 4.74. The minimum absolute atomic E-state index is 0.102. The molecule has 0 aliphatic carbocycles. The van der Waals surface area contributed by atoms with Crippen LogP contribution >= 0.6 is 0 Å². The van der Waals surface area contributed by atoms with E-state index in [0.717, 1.165) is 49.4 Å². The number of carbonyl (C=O) groups excluding carboxylic acids is 1. The Hall–Kier alpha value is -2.41. The van der Waals surface area contributed by atoms with E-state index in [1.165, 1.54) is 0 Å². The number of ether oxygens (including phenoxy) is 1. The summed E-state index contributed by atoms with van der Waals surface area (Å²) < 4.78 is 11.0. The van der Waals surface area contributed by atoms with Crippen LogP contribution in [0.2, 0.25) is 0 Å². The first-order valence-corrected chi connectivity index (χ1v) is 8.75. The van der Waals surface area contributed by atoms with E-state index in [2.05, 4.69) is 15.1 Å². The average molecular weight is 342 g/mol. The zero-order valence-electron chi connectivity index (χ0n) is 14.4. The van der Waals surface area contributed by atoms with Gasteiger partial charge >= 0.3 is 0 Å². The number of amides is 1. The molecule has 0 unspecified atom stereocenters. The van der Waals surface area contributed by atoms with Gasteiger partial charge in [-0.15, -0.1) is 10.2 Å². The maximum atomic E-state index is 12.8. The van der Waals surface area contributed by atoms with Gasteiger partial charge in [-0.1, -0.05) is 0 Å². The van der Waals surface area contributed by atoms with Crippen LogP contribution in [0, 0.1) is 6.92 Å². The van der Waals surface area contributed by atoms with Crippen LogP contribution in [0.15, 0.2) is 22.6 Å². The van der Waals surface area contributed by atoms with Gasteiger partial charge in [0.1, 0.15) is 5.75 Å². The zero-order chi connectivity index (χ0) is 17.2. The van der Waals surface area contributed by atoms with Gasteiger partial charge in [-0.2, -0.15) is 0 Å². The van der Waals surface area contributed by atoms with Crippen molar-refractivity contribution in [1.82, 2.24) is 20.0 Å². The van der Waals surface area contributed by atoms with Crippen LogP contribution in [-0.2, 0) is 13.0 Å². The smallest absolute Gasteiger partial charge is 0.253 e. The number of benzene rings is 1. The average Bonchev–Trinajstić information content (AvgIpc) is 3.17. The maximum Gasteiger partial charge on any atom is 0.253 e. The Bertz CT molecular complexity index is 773. The minimum Gasteiger partial charge on any atom is -0.493 e. The molecule has 7 nitrogen and oxygen atoms in total. The van der Waals surface area contributed by atoms with E-state index >= 15 is 0 Å².